The number of benzene rings is 1. The highest BCUT2D eigenvalue weighted by Gasteiger charge is 2.50. The molecule has 0 unspecified atom stereocenters. The number of carbonyl (C=O) groups excluding carboxylic acids is 2. The summed E-state index contributed by atoms with van der Waals surface area (Å²) < 4.78 is 10.7. The fourth-order valence-corrected chi connectivity index (χ4v) is 6.04. The second kappa shape index (κ2) is 6.40. The monoisotopic (exact) mass is 356 g/mol. The van der Waals surface area contributed by atoms with Crippen molar-refractivity contribution in [3.63, 3.8) is 0 Å². The number of rotatable bonds is 2. The quantitative estimate of drug-likeness (QED) is 0.565. The summed E-state index contributed by atoms with van der Waals surface area (Å²) >= 11 is 0. The van der Waals surface area contributed by atoms with Gasteiger partial charge in [0.25, 0.3) is 0 Å². The van der Waals surface area contributed by atoms with Crippen LogP contribution in [0.15, 0.2) is 12.1 Å². The molecule has 3 aliphatic rings. The fraction of sp³-hybridized carbons (Fsp3) is 0.636. The van der Waals surface area contributed by atoms with Crippen LogP contribution in [0.5, 0.6) is 11.5 Å². The molecule has 2 saturated carbocycles. The van der Waals surface area contributed by atoms with Gasteiger partial charge in [0.15, 0.2) is 11.5 Å². The molecule has 2 fully saturated rings. The van der Waals surface area contributed by atoms with E-state index in [0.717, 1.165) is 18.3 Å². The number of hydrogen-bond acceptors (Lipinski definition) is 4. The molecule has 0 N–H and O–H groups in total. The highest BCUT2D eigenvalue weighted by molar-refractivity contribution is 5.74. The van der Waals surface area contributed by atoms with Crippen molar-refractivity contribution in [3.05, 3.63) is 23.3 Å². The topological polar surface area (TPSA) is 52.6 Å². The smallest absolute Gasteiger partial charge is 0.308 e. The number of aryl methyl sites for hydroxylation is 1. The molecule has 1 aromatic rings. The van der Waals surface area contributed by atoms with E-state index in [1.165, 1.54) is 63.5 Å². The van der Waals surface area contributed by atoms with Crippen LogP contribution in [0.3, 0.4) is 0 Å². The Bertz CT molecular complexity index is 753. The molecule has 0 saturated heterocycles. The van der Waals surface area contributed by atoms with Crippen molar-refractivity contribution < 1.29 is 19.1 Å². The van der Waals surface area contributed by atoms with Crippen molar-refractivity contribution in [1.29, 1.82) is 0 Å². The number of fused-ring (bicyclic) bond motifs is 5. The standard InChI is InChI=1S/C22H28O4/c1-13(23)25-20-11-15-6-7-17-16(18(15)12-21(20)26-14(2)24)8-10-22(3)9-4-5-19(17)22/h11-12,16-17,19H,4-10H2,1-3H3/t16-,17+,19-,22-/m0/s1. The molecule has 0 radical (unpaired) electrons. The largest absolute Gasteiger partial charge is 0.423 e. The third kappa shape index (κ3) is 2.93. The van der Waals surface area contributed by atoms with Gasteiger partial charge in [-0.25, -0.2) is 0 Å². The summed E-state index contributed by atoms with van der Waals surface area (Å²) in [5.41, 5.74) is 3.08. The fourth-order valence-electron chi connectivity index (χ4n) is 6.04. The van der Waals surface area contributed by atoms with Crippen LogP contribution in [0.2, 0.25) is 0 Å². The van der Waals surface area contributed by atoms with E-state index in [2.05, 4.69) is 6.92 Å². The van der Waals surface area contributed by atoms with Crippen LogP contribution < -0.4 is 9.47 Å². The molecule has 0 aliphatic heterocycles. The molecule has 4 rings (SSSR count). The first-order valence-electron chi connectivity index (χ1n) is 9.91. The molecular weight excluding hydrogens is 328 g/mol. The average molecular weight is 356 g/mol. The highest BCUT2D eigenvalue weighted by atomic mass is 16.6. The van der Waals surface area contributed by atoms with E-state index in [9.17, 15) is 9.59 Å². The number of carbonyl (C=O) groups is 2. The normalized spacial score (nSPS) is 32.2. The van der Waals surface area contributed by atoms with E-state index in [0.29, 0.717) is 22.8 Å². The summed E-state index contributed by atoms with van der Waals surface area (Å²) in [7, 11) is 0. The zero-order valence-electron chi connectivity index (χ0n) is 16.0. The van der Waals surface area contributed by atoms with Gasteiger partial charge in [0.05, 0.1) is 0 Å². The van der Waals surface area contributed by atoms with Gasteiger partial charge in [0.2, 0.25) is 0 Å². The summed E-state index contributed by atoms with van der Waals surface area (Å²) in [6.45, 7) is 5.24. The van der Waals surface area contributed by atoms with E-state index in [1.54, 1.807) is 0 Å². The molecule has 140 valence electrons. The Labute approximate surface area is 155 Å². The van der Waals surface area contributed by atoms with Crippen molar-refractivity contribution in [1.82, 2.24) is 0 Å². The van der Waals surface area contributed by atoms with Gasteiger partial charge in [-0.15, -0.1) is 0 Å². The number of hydrogen-bond donors (Lipinski definition) is 0. The van der Waals surface area contributed by atoms with Gasteiger partial charge in [0, 0.05) is 13.8 Å². The molecule has 0 amide bonds. The Kier molecular flexibility index (Phi) is 4.32. The molecule has 3 aliphatic carbocycles. The lowest BCUT2D eigenvalue weighted by molar-refractivity contribution is -0.134. The van der Waals surface area contributed by atoms with Gasteiger partial charge < -0.3 is 9.47 Å². The zero-order valence-corrected chi connectivity index (χ0v) is 16.0. The van der Waals surface area contributed by atoms with Gasteiger partial charge in [-0.2, -0.15) is 0 Å². The van der Waals surface area contributed by atoms with Gasteiger partial charge >= 0.3 is 11.9 Å². The number of ether oxygens (including phenoxy) is 2. The van der Waals surface area contributed by atoms with E-state index in [1.807, 2.05) is 12.1 Å². The Balaban J connectivity index is 1.72. The second-order valence-corrected chi connectivity index (χ2v) is 8.69. The van der Waals surface area contributed by atoms with Gasteiger partial charge in [-0.3, -0.25) is 9.59 Å². The average Bonchev–Trinajstić information content (AvgIpc) is 2.96. The molecule has 0 aromatic heterocycles. The van der Waals surface area contributed by atoms with Gasteiger partial charge in [-0.05, 0) is 85.0 Å². The third-order valence-electron chi connectivity index (χ3n) is 7.08. The van der Waals surface area contributed by atoms with Crippen molar-refractivity contribution in [2.24, 2.45) is 17.3 Å². The molecule has 4 atom stereocenters. The minimum Gasteiger partial charge on any atom is -0.423 e. The highest BCUT2D eigenvalue weighted by Crippen LogP contribution is 2.61. The summed E-state index contributed by atoms with van der Waals surface area (Å²) in [5, 5.41) is 0. The Morgan fingerprint density at radius 2 is 1.69 bits per heavy atom. The van der Waals surface area contributed by atoms with Crippen molar-refractivity contribution in [2.75, 3.05) is 0 Å². The van der Waals surface area contributed by atoms with Crippen molar-refractivity contribution in [2.45, 2.75) is 71.6 Å². The maximum Gasteiger partial charge on any atom is 0.308 e. The van der Waals surface area contributed by atoms with E-state index in [-0.39, 0.29) is 0 Å². The molecule has 4 heteroatoms. The minimum atomic E-state index is -0.397. The van der Waals surface area contributed by atoms with E-state index >= 15 is 0 Å². The summed E-state index contributed by atoms with van der Waals surface area (Å²) in [6, 6.07) is 3.90. The van der Waals surface area contributed by atoms with Crippen molar-refractivity contribution in [3.8, 4) is 11.5 Å². The lowest BCUT2D eigenvalue weighted by atomic mass is 9.56. The van der Waals surface area contributed by atoms with E-state index in [4.69, 9.17) is 9.47 Å². The van der Waals surface area contributed by atoms with Gasteiger partial charge in [-0.1, -0.05) is 13.3 Å². The molecule has 0 spiro atoms. The Morgan fingerprint density at radius 1 is 1.00 bits per heavy atom. The molecule has 26 heavy (non-hydrogen) atoms. The van der Waals surface area contributed by atoms with Crippen LogP contribution in [-0.2, 0) is 16.0 Å². The zero-order chi connectivity index (χ0) is 18.5. The maximum atomic E-state index is 11.5. The lowest BCUT2D eigenvalue weighted by Crippen LogP contribution is -2.39. The van der Waals surface area contributed by atoms with Gasteiger partial charge in [0.1, 0.15) is 0 Å². The van der Waals surface area contributed by atoms with Crippen LogP contribution in [0, 0.1) is 17.3 Å². The molecule has 0 heterocycles. The predicted molar refractivity (Wildman–Crippen MR) is 98.3 cm³/mol. The SMILES string of the molecule is CC(=O)Oc1cc2c(cc1OC(C)=O)[C@H]1CC[C@]3(C)CCC[C@H]3[C@@H]1CC2. The molecule has 4 nitrogen and oxygen atoms in total. The third-order valence-corrected chi connectivity index (χ3v) is 7.08. The predicted octanol–water partition coefficient (Wildman–Crippen LogP) is 4.78. The first kappa shape index (κ1) is 17.6. The van der Waals surface area contributed by atoms with Crippen LogP contribution in [0.4, 0.5) is 0 Å². The summed E-state index contributed by atoms with van der Waals surface area (Å²) in [6.07, 6.45) is 8.81. The second-order valence-electron chi connectivity index (χ2n) is 8.69. The maximum absolute atomic E-state index is 11.5. The van der Waals surface area contributed by atoms with Crippen LogP contribution in [-0.4, -0.2) is 11.9 Å². The lowest BCUT2D eigenvalue weighted by Gasteiger charge is -2.49. The van der Waals surface area contributed by atoms with Crippen LogP contribution >= 0.6 is 0 Å². The first-order valence-corrected chi connectivity index (χ1v) is 9.91. The van der Waals surface area contributed by atoms with Crippen LogP contribution in [0.25, 0.3) is 0 Å². The van der Waals surface area contributed by atoms with E-state index < -0.39 is 11.9 Å². The molecular formula is C22H28O4. The summed E-state index contributed by atoms with van der Waals surface area (Å²) in [4.78, 5) is 23.0. The molecule has 1 aromatic carbocycles. The first-order chi connectivity index (χ1) is 12.4. The van der Waals surface area contributed by atoms with Crippen LogP contribution in [0.1, 0.15) is 76.3 Å². The Morgan fingerprint density at radius 3 is 2.38 bits per heavy atom. The minimum absolute atomic E-state index is 0.367. The van der Waals surface area contributed by atoms with Crippen molar-refractivity contribution >= 4 is 11.9 Å². The molecule has 0 bridgehead atoms. The number of esters is 2. The summed E-state index contributed by atoms with van der Waals surface area (Å²) in [5.74, 6) is 2.05. The Hall–Kier alpha value is -1.84.